The minimum atomic E-state index is -0.0727. The van der Waals surface area contributed by atoms with Crippen LogP contribution in [0.15, 0.2) is 59.7 Å². The quantitative estimate of drug-likeness (QED) is 0.863. The zero-order valence-electron chi connectivity index (χ0n) is 13.4. The molecule has 2 aromatic rings. The van der Waals surface area contributed by atoms with Gasteiger partial charge in [-0.3, -0.25) is 9.78 Å². The van der Waals surface area contributed by atoms with Gasteiger partial charge in [-0.05, 0) is 62.4 Å². The zero-order chi connectivity index (χ0) is 16.2. The van der Waals surface area contributed by atoms with E-state index < -0.39 is 0 Å². The largest absolute Gasteiger partial charge is 0.372 e. The van der Waals surface area contributed by atoms with Crippen molar-refractivity contribution in [2.24, 2.45) is 4.99 Å². The second kappa shape index (κ2) is 6.57. The summed E-state index contributed by atoms with van der Waals surface area (Å²) in [6, 6.07) is 11.9. The first-order valence-corrected chi connectivity index (χ1v) is 7.84. The molecule has 4 nitrogen and oxygen atoms in total. The van der Waals surface area contributed by atoms with Crippen LogP contribution in [0, 0.1) is 0 Å². The summed E-state index contributed by atoms with van der Waals surface area (Å²) in [5.41, 5.74) is 4.07. The predicted octanol–water partition coefficient (Wildman–Crippen LogP) is 3.80. The van der Waals surface area contributed by atoms with E-state index in [1.165, 1.54) is 11.8 Å². The van der Waals surface area contributed by atoms with Crippen LogP contribution in [0.2, 0.25) is 0 Å². The predicted molar refractivity (Wildman–Crippen MR) is 93.9 cm³/mol. The number of carbonyl (C=O) groups is 1. The standard InChI is InChI=1S/C19H19N3O/c1-3-22(4-2)15-9-7-14(8-10-15)21-17-11-12-18(23)19-16(17)6-5-13-20-19/h5-13H,3-4H2,1-2H3. The molecule has 0 bridgehead atoms. The first kappa shape index (κ1) is 15.2. The fourth-order valence-electron chi connectivity index (χ4n) is 2.69. The topological polar surface area (TPSA) is 45.6 Å². The highest BCUT2D eigenvalue weighted by atomic mass is 16.1. The Morgan fingerprint density at radius 1 is 1.04 bits per heavy atom. The van der Waals surface area contributed by atoms with Gasteiger partial charge in [0.25, 0.3) is 0 Å². The SMILES string of the molecule is CCN(CC)c1ccc(N=C2C=CC(=O)c3ncccc32)cc1. The molecule has 3 rings (SSSR count). The lowest BCUT2D eigenvalue weighted by atomic mass is 9.99. The summed E-state index contributed by atoms with van der Waals surface area (Å²) in [6.45, 7) is 6.25. The minimum absolute atomic E-state index is 0.0727. The first-order chi connectivity index (χ1) is 11.2. The van der Waals surface area contributed by atoms with Crippen LogP contribution in [0.5, 0.6) is 0 Å². The number of hydrogen-bond acceptors (Lipinski definition) is 4. The molecule has 0 saturated heterocycles. The maximum absolute atomic E-state index is 11.9. The molecule has 1 aliphatic carbocycles. The van der Waals surface area contributed by atoms with E-state index in [1.54, 1.807) is 12.3 Å². The number of nitrogens with zero attached hydrogens (tertiary/aromatic N) is 3. The van der Waals surface area contributed by atoms with E-state index in [0.717, 1.165) is 30.1 Å². The summed E-state index contributed by atoms with van der Waals surface area (Å²) >= 11 is 0. The molecular weight excluding hydrogens is 286 g/mol. The highest BCUT2D eigenvalue weighted by Crippen LogP contribution is 2.22. The Kier molecular flexibility index (Phi) is 4.33. The molecule has 1 aromatic heterocycles. The summed E-state index contributed by atoms with van der Waals surface area (Å²) in [7, 11) is 0. The van der Waals surface area contributed by atoms with Crippen LogP contribution in [0.4, 0.5) is 11.4 Å². The van der Waals surface area contributed by atoms with Crippen molar-refractivity contribution in [2.45, 2.75) is 13.8 Å². The van der Waals surface area contributed by atoms with Crippen molar-refractivity contribution in [3.63, 3.8) is 0 Å². The molecule has 0 radical (unpaired) electrons. The van der Waals surface area contributed by atoms with Crippen molar-refractivity contribution in [3.8, 4) is 0 Å². The lowest BCUT2D eigenvalue weighted by Crippen LogP contribution is -2.21. The number of aromatic nitrogens is 1. The Balaban J connectivity index is 1.93. The Morgan fingerprint density at radius 2 is 1.78 bits per heavy atom. The summed E-state index contributed by atoms with van der Waals surface area (Å²) in [6.07, 6.45) is 4.91. The fourth-order valence-corrected chi connectivity index (χ4v) is 2.69. The number of aliphatic imine (C=N–C) groups is 1. The molecular formula is C19H19N3O. The smallest absolute Gasteiger partial charge is 0.204 e. The van der Waals surface area contributed by atoms with Crippen LogP contribution < -0.4 is 4.90 Å². The van der Waals surface area contributed by atoms with Crippen molar-refractivity contribution < 1.29 is 4.79 Å². The molecule has 0 N–H and O–H groups in total. The van der Waals surface area contributed by atoms with E-state index in [9.17, 15) is 4.79 Å². The molecule has 1 heterocycles. The number of benzene rings is 1. The number of anilines is 1. The molecule has 1 aliphatic rings. The van der Waals surface area contributed by atoms with Crippen molar-refractivity contribution in [3.05, 3.63) is 66.0 Å². The van der Waals surface area contributed by atoms with E-state index in [0.29, 0.717) is 5.69 Å². The number of fused-ring (bicyclic) bond motifs is 1. The fraction of sp³-hybridized carbons (Fsp3) is 0.211. The molecule has 0 spiro atoms. The molecule has 116 valence electrons. The molecule has 4 heteroatoms. The lowest BCUT2D eigenvalue weighted by Gasteiger charge is -2.20. The Labute approximate surface area is 136 Å². The molecule has 0 aliphatic heterocycles. The van der Waals surface area contributed by atoms with Gasteiger partial charge in [-0.15, -0.1) is 0 Å². The molecule has 23 heavy (non-hydrogen) atoms. The third-order valence-electron chi connectivity index (χ3n) is 3.94. The monoisotopic (exact) mass is 305 g/mol. The van der Waals surface area contributed by atoms with Gasteiger partial charge < -0.3 is 4.90 Å². The van der Waals surface area contributed by atoms with Gasteiger partial charge in [-0.25, -0.2) is 4.99 Å². The van der Waals surface area contributed by atoms with Crippen molar-refractivity contribution in [1.29, 1.82) is 0 Å². The summed E-state index contributed by atoms with van der Waals surface area (Å²) in [5, 5.41) is 0. The van der Waals surface area contributed by atoms with Gasteiger partial charge in [0, 0.05) is 30.5 Å². The lowest BCUT2D eigenvalue weighted by molar-refractivity contribution is 0.104. The van der Waals surface area contributed by atoms with E-state index in [2.05, 4.69) is 40.9 Å². The number of hydrogen-bond donors (Lipinski definition) is 0. The van der Waals surface area contributed by atoms with Crippen molar-refractivity contribution >= 4 is 22.9 Å². The Hall–Kier alpha value is -2.75. The van der Waals surface area contributed by atoms with Gasteiger partial charge in [0.15, 0.2) is 0 Å². The summed E-state index contributed by atoms with van der Waals surface area (Å²) in [4.78, 5) is 23.0. The van der Waals surface area contributed by atoms with Crippen LogP contribution in [0.3, 0.4) is 0 Å². The number of allylic oxidation sites excluding steroid dienone is 2. The second-order valence-electron chi connectivity index (χ2n) is 5.28. The van der Waals surface area contributed by atoms with Crippen molar-refractivity contribution in [1.82, 2.24) is 4.98 Å². The van der Waals surface area contributed by atoms with Crippen molar-refractivity contribution in [2.75, 3.05) is 18.0 Å². The number of carbonyl (C=O) groups excluding carboxylic acids is 1. The van der Waals surface area contributed by atoms with Gasteiger partial charge in [-0.1, -0.05) is 0 Å². The average Bonchev–Trinajstić information content (AvgIpc) is 2.60. The third kappa shape index (κ3) is 3.06. The molecule has 0 atom stereocenters. The molecule has 1 aromatic carbocycles. The minimum Gasteiger partial charge on any atom is -0.372 e. The molecule has 0 amide bonds. The number of rotatable bonds is 4. The second-order valence-corrected chi connectivity index (χ2v) is 5.28. The van der Waals surface area contributed by atoms with Gasteiger partial charge in [0.05, 0.1) is 11.4 Å². The first-order valence-electron chi connectivity index (χ1n) is 7.84. The van der Waals surface area contributed by atoms with E-state index in [1.807, 2.05) is 24.3 Å². The highest BCUT2D eigenvalue weighted by molar-refractivity contribution is 6.23. The molecule has 0 unspecified atom stereocenters. The Bertz CT molecular complexity index is 771. The van der Waals surface area contributed by atoms with E-state index >= 15 is 0 Å². The molecule has 0 saturated carbocycles. The summed E-state index contributed by atoms with van der Waals surface area (Å²) < 4.78 is 0. The zero-order valence-corrected chi connectivity index (χ0v) is 13.4. The maximum atomic E-state index is 11.9. The van der Waals surface area contributed by atoms with Crippen LogP contribution in [-0.2, 0) is 0 Å². The third-order valence-corrected chi connectivity index (χ3v) is 3.94. The number of ketones is 1. The van der Waals surface area contributed by atoms with Crippen LogP contribution in [0.1, 0.15) is 29.9 Å². The van der Waals surface area contributed by atoms with Crippen LogP contribution >= 0.6 is 0 Å². The normalized spacial score (nSPS) is 14.9. The Morgan fingerprint density at radius 3 is 2.48 bits per heavy atom. The summed E-state index contributed by atoms with van der Waals surface area (Å²) in [5.74, 6) is -0.0727. The maximum Gasteiger partial charge on any atom is 0.204 e. The van der Waals surface area contributed by atoms with Gasteiger partial charge in [0.2, 0.25) is 5.78 Å². The van der Waals surface area contributed by atoms with Gasteiger partial charge >= 0.3 is 0 Å². The van der Waals surface area contributed by atoms with Gasteiger partial charge in [-0.2, -0.15) is 0 Å². The van der Waals surface area contributed by atoms with E-state index in [4.69, 9.17) is 0 Å². The number of pyridine rings is 1. The van der Waals surface area contributed by atoms with Gasteiger partial charge in [0.1, 0.15) is 5.69 Å². The van der Waals surface area contributed by atoms with Crippen LogP contribution in [-0.4, -0.2) is 29.6 Å². The average molecular weight is 305 g/mol. The van der Waals surface area contributed by atoms with E-state index in [-0.39, 0.29) is 5.78 Å². The highest BCUT2D eigenvalue weighted by Gasteiger charge is 2.18. The molecule has 0 fully saturated rings. The van der Waals surface area contributed by atoms with Crippen LogP contribution in [0.25, 0.3) is 0 Å².